The first kappa shape index (κ1) is 27.7. The lowest BCUT2D eigenvalue weighted by molar-refractivity contribution is -0.174. The second kappa shape index (κ2) is 12.0. The molecule has 1 amide bonds. The number of benzene rings is 1. The summed E-state index contributed by atoms with van der Waals surface area (Å²) in [4.78, 5) is 55.8. The molecule has 208 valence electrons. The normalized spacial score (nSPS) is 20.3. The van der Waals surface area contributed by atoms with Crippen LogP contribution in [0.3, 0.4) is 0 Å². The average molecular weight is 532 g/mol. The van der Waals surface area contributed by atoms with E-state index >= 15 is 0 Å². The van der Waals surface area contributed by atoms with Gasteiger partial charge in [-0.25, -0.2) is 9.59 Å². The third kappa shape index (κ3) is 6.38. The van der Waals surface area contributed by atoms with Crippen molar-refractivity contribution in [3.05, 3.63) is 33.8 Å². The second-order valence-electron chi connectivity index (χ2n) is 10.2. The number of piperidine rings is 1. The van der Waals surface area contributed by atoms with Crippen LogP contribution in [0.2, 0.25) is 0 Å². The lowest BCUT2D eigenvalue weighted by Crippen LogP contribution is -2.51. The Labute approximate surface area is 221 Å². The molecule has 2 fully saturated rings. The molecule has 1 N–H and O–H groups in total. The Kier molecular flexibility index (Phi) is 8.76. The number of hydrogen-bond acceptors (Lipinski definition) is 9. The monoisotopic (exact) mass is 531 g/mol. The highest BCUT2D eigenvalue weighted by Gasteiger charge is 2.39. The number of aromatic nitrogens is 1. The molecule has 11 heteroatoms. The van der Waals surface area contributed by atoms with E-state index in [9.17, 15) is 19.2 Å². The fourth-order valence-corrected chi connectivity index (χ4v) is 5.62. The van der Waals surface area contributed by atoms with Crippen molar-refractivity contribution in [3.63, 3.8) is 0 Å². The number of nitrogens with zero attached hydrogens (tertiary/aromatic N) is 2. The number of amides is 1. The molecule has 2 saturated heterocycles. The van der Waals surface area contributed by atoms with Crippen molar-refractivity contribution < 1.29 is 33.0 Å². The number of aryl methyl sites for hydroxylation is 1. The van der Waals surface area contributed by atoms with E-state index in [-0.39, 0.29) is 30.5 Å². The van der Waals surface area contributed by atoms with Crippen LogP contribution in [0.5, 0.6) is 0 Å². The zero-order valence-electron chi connectivity index (χ0n) is 22.5. The summed E-state index contributed by atoms with van der Waals surface area (Å²) >= 11 is 0. The summed E-state index contributed by atoms with van der Waals surface area (Å²) in [6, 6.07) is 3.59. The van der Waals surface area contributed by atoms with Gasteiger partial charge in [0.25, 0.3) is 0 Å². The Balaban J connectivity index is 1.28. The standard InChI is InChI=1S/C27H37N3O8/c1-5-35-27(34)37-18(4)36-25(32)21-7-6-10-30(21)20-8-11-29(12-9-20)24(31)17(3)14-19-13-16(2)23-22(15-19)38-26(33)28-23/h13,15,17-18,20-21H,5-12,14H2,1-4H3,(H,28,33)/t17-,18?,21+/m1/s1. The molecule has 38 heavy (non-hydrogen) atoms. The molecule has 0 spiro atoms. The summed E-state index contributed by atoms with van der Waals surface area (Å²) in [5.41, 5.74) is 3.05. The number of nitrogens with one attached hydrogen (secondary N) is 1. The minimum absolute atomic E-state index is 0.0963. The molecule has 0 aliphatic carbocycles. The lowest BCUT2D eigenvalue weighted by Gasteiger charge is -2.39. The van der Waals surface area contributed by atoms with Gasteiger partial charge < -0.3 is 23.5 Å². The van der Waals surface area contributed by atoms with Crippen LogP contribution in [-0.4, -0.2) is 77.4 Å². The highest BCUT2D eigenvalue weighted by molar-refractivity contribution is 5.80. The van der Waals surface area contributed by atoms with Gasteiger partial charge in [0.2, 0.25) is 12.2 Å². The molecule has 0 radical (unpaired) electrons. The molecule has 1 unspecified atom stereocenters. The minimum atomic E-state index is -1.03. The number of rotatable bonds is 8. The molecule has 2 aromatic rings. The summed E-state index contributed by atoms with van der Waals surface area (Å²) in [7, 11) is 0. The lowest BCUT2D eigenvalue weighted by atomic mass is 9.96. The van der Waals surface area contributed by atoms with Crippen LogP contribution in [0.15, 0.2) is 21.3 Å². The maximum atomic E-state index is 13.2. The fourth-order valence-electron chi connectivity index (χ4n) is 5.62. The highest BCUT2D eigenvalue weighted by Crippen LogP contribution is 2.28. The highest BCUT2D eigenvalue weighted by atomic mass is 16.8. The van der Waals surface area contributed by atoms with Gasteiger partial charge in [-0.3, -0.25) is 19.5 Å². The van der Waals surface area contributed by atoms with E-state index in [1.807, 2.05) is 30.9 Å². The summed E-state index contributed by atoms with van der Waals surface area (Å²) < 4.78 is 20.2. The topological polar surface area (TPSA) is 131 Å². The molecule has 11 nitrogen and oxygen atoms in total. The summed E-state index contributed by atoms with van der Waals surface area (Å²) in [6.07, 6.45) is 1.78. The van der Waals surface area contributed by atoms with E-state index in [1.165, 1.54) is 6.92 Å². The molecule has 2 aliphatic rings. The van der Waals surface area contributed by atoms with E-state index < -0.39 is 24.2 Å². The third-order valence-corrected chi connectivity index (χ3v) is 7.37. The van der Waals surface area contributed by atoms with Crippen molar-refractivity contribution in [2.24, 2.45) is 5.92 Å². The van der Waals surface area contributed by atoms with E-state index in [0.717, 1.165) is 36.9 Å². The van der Waals surface area contributed by atoms with Gasteiger partial charge in [-0.2, -0.15) is 0 Å². The molecular weight excluding hydrogens is 494 g/mol. The van der Waals surface area contributed by atoms with Crippen molar-refractivity contribution in [3.8, 4) is 0 Å². The zero-order chi connectivity index (χ0) is 27.4. The number of fused-ring (bicyclic) bond motifs is 1. The van der Waals surface area contributed by atoms with Crippen LogP contribution < -0.4 is 5.76 Å². The minimum Gasteiger partial charge on any atom is -0.435 e. The molecule has 0 bridgehead atoms. The Hall–Kier alpha value is -3.34. The summed E-state index contributed by atoms with van der Waals surface area (Å²) in [5.74, 6) is -1.01. The first-order valence-corrected chi connectivity index (χ1v) is 13.4. The molecular formula is C27H37N3O8. The largest absolute Gasteiger partial charge is 0.511 e. The Morgan fingerprint density at radius 3 is 2.55 bits per heavy atom. The predicted molar refractivity (Wildman–Crippen MR) is 137 cm³/mol. The van der Waals surface area contributed by atoms with Crippen molar-refractivity contribution >= 4 is 29.1 Å². The van der Waals surface area contributed by atoms with E-state index in [1.54, 1.807) is 6.92 Å². The molecule has 4 rings (SSSR count). The predicted octanol–water partition coefficient (Wildman–Crippen LogP) is 3.13. The van der Waals surface area contributed by atoms with Crippen molar-refractivity contribution in [2.75, 3.05) is 26.2 Å². The van der Waals surface area contributed by atoms with Gasteiger partial charge in [-0.1, -0.05) is 13.0 Å². The van der Waals surface area contributed by atoms with Gasteiger partial charge in [0.1, 0.15) is 6.04 Å². The number of esters is 1. The SMILES string of the molecule is CCOC(=O)OC(C)OC(=O)[C@@H]1CCCN1C1CCN(C(=O)[C@H](C)Cc2cc(C)c3[nH]c(=O)oc3c2)CC1. The maximum Gasteiger partial charge on any atom is 0.511 e. The molecule has 3 heterocycles. The Morgan fingerprint density at radius 2 is 1.84 bits per heavy atom. The summed E-state index contributed by atoms with van der Waals surface area (Å²) in [6.45, 7) is 9.21. The van der Waals surface area contributed by atoms with Gasteiger partial charge in [-0.05, 0) is 69.7 Å². The number of H-pyrrole nitrogens is 1. The maximum absolute atomic E-state index is 13.2. The number of carbonyl (C=O) groups is 3. The van der Waals surface area contributed by atoms with Gasteiger partial charge in [-0.15, -0.1) is 0 Å². The zero-order valence-corrected chi connectivity index (χ0v) is 22.5. The molecule has 2 aliphatic heterocycles. The Bertz CT molecular complexity index is 1210. The van der Waals surface area contributed by atoms with Crippen LogP contribution in [0.1, 0.15) is 57.6 Å². The van der Waals surface area contributed by atoms with Crippen molar-refractivity contribution in [1.82, 2.24) is 14.8 Å². The number of carbonyl (C=O) groups excluding carboxylic acids is 3. The first-order valence-electron chi connectivity index (χ1n) is 13.4. The van der Waals surface area contributed by atoms with Crippen molar-refractivity contribution in [2.45, 2.75) is 78.2 Å². The van der Waals surface area contributed by atoms with Crippen LogP contribution in [0.4, 0.5) is 4.79 Å². The average Bonchev–Trinajstić information content (AvgIpc) is 3.50. The van der Waals surface area contributed by atoms with E-state index in [2.05, 4.69) is 9.88 Å². The van der Waals surface area contributed by atoms with E-state index in [0.29, 0.717) is 37.0 Å². The molecule has 1 aromatic heterocycles. The first-order chi connectivity index (χ1) is 18.2. The van der Waals surface area contributed by atoms with Gasteiger partial charge in [0.15, 0.2) is 5.58 Å². The van der Waals surface area contributed by atoms with Crippen LogP contribution in [0.25, 0.3) is 11.1 Å². The van der Waals surface area contributed by atoms with Gasteiger partial charge in [0, 0.05) is 32.0 Å². The number of aromatic amines is 1. The van der Waals surface area contributed by atoms with Crippen LogP contribution >= 0.6 is 0 Å². The molecule has 3 atom stereocenters. The number of oxazole rings is 1. The Morgan fingerprint density at radius 1 is 1.11 bits per heavy atom. The number of likely N-dealkylation sites (tertiary alicyclic amines) is 2. The third-order valence-electron chi connectivity index (χ3n) is 7.37. The molecule has 0 saturated carbocycles. The smallest absolute Gasteiger partial charge is 0.435 e. The quantitative estimate of drug-likeness (QED) is 0.403. The van der Waals surface area contributed by atoms with Crippen molar-refractivity contribution in [1.29, 1.82) is 0 Å². The number of hydrogen-bond donors (Lipinski definition) is 1. The van der Waals surface area contributed by atoms with Gasteiger partial charge in [0.05, 0.1) is 12.1 Å². The molecule has 1 aromatic carbocycles. The van der Waals surface area contributed by atoms with Gasteiger partial charge >= 0.3 is 17.9 Å². The fraction of sp³-hybridized carbons (Fsp3) is 0.630. The van der Waals surface area contributed by atoms with Crippen LogP contribution in [-0.2, 0) is 30.2 Å². The second-order valence-corrected chi connectivity index (χ2v) is 10.2. The van der Waals surface area contributed by atoms with E-state index in [4.69, 9.17) is 18.6 Å². The summed E-state index contributed by atoms with van der Waals surface area (Å²) in [5, 5.41) is 0. The van der Waals surface area contributed by atoms with Crippen LogP contribution in [0, 0.1) is 12.8 Å². The number of ether oxygens (including phenoxy) is 3.